The van der Waals surface area contributed by atoms with Crippen molar-refractivity contribution in [2.45, 2.75) is 19.4 Å². The quantitative estimate of drug-likeness (QED) is 0.469. The number of rotatable bonds is 7. The number of ether oxygens (including phenoxy) is 1. The molecule has 0 aromatic heterocycles. The smallest absolute Gasteiger partial charge is 0.193 e. The normalized spacial score (nSPS) is 11.4. The Morgan fingerprint density at radius 1 is 1.09 bits per heavy atom. The van der Waals surface area contributed by atoms with Gasteiger partial charge in [0.15, 0.2) is 5.96 Å². The van der Waals surface area contributed by atoms with Crippen LogP contribution in [0, 0.1) is 0 Å². The molecule has 0 unspecified atom stereocenters. The van der Waals surface area contributed by atoms with Gasteiger partial charge in [-0.3, -0.25) is 4.99 Å². The van der Waals surface area contributed by atoms with E-state index in [2.05, 4.69) is 34.6 Å². The van der Waals surface area contributed by atoms with Gasteiger partial charge in [0.1, 0.15) is 0 Å². The topological polar surface area (TPSA) is 59.6 Å². The summed E-state index contributed by atoms with van der Waals surface area (Å²) in [5.41, 5.74) is 9.28. The van der Waals surface area contributed by atoms with E-state index >= 15 is 0 Å². The highest BCUT2D eigenvalue weighted by Crippen LogP contribution is 2.15. The van der Waals surface area contributed by atoms with Gasteiger partial charge in [-0.05, 0) is 24.5 Å². The lowest BCUT2D eigenvalue weighted by molar-refractivity contribution is 0.185. The Balaban J connectivity index is 1.83. The zero-order valence-corrected chi connectivity index (χ0v) is 13.0. The number of nitrogens with one attached hydrogen (secondary N) is 1. The summed E-state index contributed by atoms with van der Waals surface area (Å²) in [6, 6.07) is 18.3. The van der Waals surface area contributed by atoms with Gasteiger partial charge in [-0.1, -0.05) is 48.5 Å². The van der Waals surface area contributed by atoms with E-state index in [0.29, 0.717) is 19.1 Å². The molecule has 4 nitrogen and oxygen atoms in total. The summed E-state index contributed by atoms with van der Waals surface area (Å²) in [5, 5.41) is 3.14. The van der Waals surface area contributed by atoms with Crippen LogP contribution in [-0.2, 0) is 17.8 Å². The Labute approximate surface area is 132 Å². The monoisotopic (exact) mass is 297 g/mol. The molecule has 116 valence electrons. The number of aryl methyl sites for hydroxylation is 1. The van der Waals surface area contributed by atoms with Gasteiger partial charge in [-0.25, -0.2) is 0 Å². The number of nitrogens with two attached hydrogens (primary N) is 1. The number of anilines is 1. The predicted molar refractivity (Wildman–Crippen MR) is 92.0 cm³/mol. The first-order valence-electron chi connectivity index (χ1n) is 7.47. The Bertz CT molecular complexity index is 596. The molecule has 4 heteroatoms. The highest BCUT2D eigenvalue weighted by molar-refractivity contribution is 5.92. The lowest BCUT2D eigenvalue weighted by Crippen LogP contribution is -2.23. The Kier molecular flexibility index (Phi) is 6.45. The average Bonchev–Trinajstić information content (AvgIpc) is 2.55. The summed E-state index contributed by atoms with van der Waals surface area (Å²) < 4.78 is 5.18. The molecule has 0 heterocycles. The van der Waals surface area contributed by atoms with Crippen LogP contribution in [-0.4, -0.2) is 19.6 Å². The molecule has 22 heavy (non-hydrogen) atoms. The van der Waals surface area contributed by atoms with Gasteiger partial charge in [-0.2, -0.15) is 0 Å². The van der Waals surface area contributed by atoms with E-state index in [1.165, 1.54) is 5.56 Å². The van der Waals surface area contributed by atoms with Gasteiger partial charge in [0.2, 0.25) is 0 Å². The third kappa shape index (κ3) is 5.22. The van der Waals surface area contributed by atoms with Gasteiger partial charge in [0, 0.05) is 24.9 Å². The van der Waals surface area contributed by atoms with Crippen LogP contribution in [0.1, 0.15) is 17.5 Å². The minimum Gasteiger partial charge on any atom is -0.380 e. The van der Waals surface area contributed by atoms with Crippen molar-refractivity contribution in [1.29, 1.82) is 0 Å². The van der Waals surface area contributed by atoms with Crippen molar-refractivity contribution < 1.29 is 4.74 Å². The van der Waals surface area contributed by atoms with Gasteiger partial charge < -0.3 is 15.8 Å². The van der Waals surface area contributed by atoms with Crippen molar-refractivity contribution >= 4 is 11.6 Å². The van der Waals surface area contributed by atoms with Crippen molar-refractivity contribution in [2.75, 3.05) is 19.0 Å². The van der Waals surface area contributed by atoms with Gasteiger partial charge in [-0.15, -0.1) is 0 Å². The van der Waals surface area contributed by atoms with E-state index in [1.54, 1.807) is 7.11 Å². The maximum Gasteiger partial charge on any atom is 0.193 e. The molecule has 0 aliphatic carbocycles. The van der Waals surface area contributed by atoms with E-state index in [4.69, 9.17) is 10.5 Å². The summed E-state index contributed by atoms with van der Waals surface area (Å²) in [4.78, 5) is 4.38. The zero-order valence-electron chi connectivity index (χ0n) is 13.0. The summed E-state index contributed by atoms with van der Waals surface area (Å²) in [6.45, 7) is 1.25. The second-order valence-corrected chi connectivity index (χ2v) is 5.07. The lowest BCUT2D eigenvalue weighted by Gasteiger charge is -2.10. The number of para-hydroxylation sites is 1. The van der Waals surface area contributed by atoms with Crippen LogP contribution in [0.4, 0.5) is 5.69 Å². The van der Waals surface area contributed by atoms with Crippen LogP contribution in [0.3, 0.4) is 0 Å². The number of nitrogens with zero attached hydrogens (tertiary/aromatic N) is 1. The average molecular weight is 297 g/mol. The summed E-state index contributed by atoms with van der Waals surface area (Å²) in [7, 11) is 1.68. The minimum atomic E-state index is 0.441. The predicted octanol–water partition coefficient (Wildman–Crippen LogP) is 3.19. The van der Waals surface area contributed by atoms with Crippen LogP contribution in [0.25, 0.3) is 0 Å². The highest BCUT2D eigenvalue weighted by Gasteiger charge is 2.02. The van der Waals surface area contributed by atoms with Gasteiger partial charge >= 0.3 is 0 Å². The van der Waals surface area contributed by atoms with Crippen molar-refractivity contribution in [2.24, 2.45) is 10.7 Å². The van der Waals surface area contributed by atoms with Crippen LogP contribution in [0.15, 0.2) is 59.6 Å². The maximum absolute atomic E-state index is 5.95. The van der Waals surface area contributed by atoms with E-state index < -0.39 is 0 Å². The number of benzene rings is 2. The first kappa shape index (κ1) is 16.0. The molecule has 0 aliphatic heterocycles. The standard InChI is InChI=1S/C18H23N3O/c1-22-14-16-11-5-6-12-17(16)21-18(19)20-13-7-10-15-8-3-2-4-9-15/h2-6,8-9,11-12H,7,10,13-14H2,1H3,(H3,19,20,21). The second-order valence-electron chi connectivity index (χ2n) is 5.07. The fourth-order valence-electron chi connectivity index (χ4n) is 2.23. The summed E-state index contributed by atoms with van der Waals surface area (Å²) in [5.74, 6) is 0.441. The highest BCUT2D eigenvalue weighted by atomic mass is 16.5. The van der Waals surface area contributed by atoms with Crippen LogP contribution < -0.4 is 11.1 Å². The molecule has 0 saturated heterocycles. The Hall–Kier alpha value is -2.33. The van der Waals surface area contributed by atoms with Crippen molar-refractivity contribution in [3.8, 4) is 0 Å². The fourth-order valence-corrected chi connectivity index (χ4v) is 2.23. The Morgan fingerprint density at radius 2 is 1.82 bits per heavy atom. The molecule has 0 saturated carbocycles. The van der Waals surface area contributed by atoms with Crippen molar-refractivity contribution in [3.05, 3.63) is 65.7 Å². The number of aliphatic imine (C=N–C) groups is 1. The molecule has 0 amide bonds. The van der Waals surface area contributed by atoms with Crippen LogP contribution in [0.2, 0.25) is 0 Å². The molecule has 0 fully saturated rings. The molecule has 0 spiro atoms. The van der Waals surface area contributed by atoms with E-state index in [0.717, 1.165) is 24.1 Å². The Morgan fingerprint density at radius 3 is 2.59 bits per heavy atom. The van der Waals surface area contributed by atoms with Crippen LogP contribution in [0.5, 0.6) is 0 Å². The first-order chi connectivity index (χ1) is 10.8. The van der Waals surface area contributed by atoms with Crippen molar-refractivity contribution in [3.63, 3.8) is 0 Å². The number of guanidine groups is 1. The molecule has 0 bridgehead atoms. The summed E-state index contributed by atoms with van der Waals surface area (Å²) >= 11 is 0. The fraction of sp³-hybridized carbons (Fsp3) is 0.278. The molecule has 3 N–H and O–H groups in total. The molecular formula is C18H23N3O. The van der Waals surface area contributed by atoms with Gasteiger partial charge in [0.25, 0.3) is 0 Å². The lowest BCUT2D eigenvalue weighted by atomic mass is 10.1. The largest absolute Gasteiger partial charge is 0.380 e. The molecule has 2 rings (SSSR count). The minimum absolute atomic E-state index is 0.441. The molecule has 0 aliphatic rings. The number of hydrogen-bond acceptors (Lipinski definition) is 2. The third-order valence-corrected chi connectivity index (χ3v) is 3.33. The second kappa shape index (κ2) is 8.85. The maximum atomic E-state index is 5.95. The molecule has 0 radical (unpaired) electrons. The third-order valence-electron chi connectivity index (χ3n) is 3.33. The molecule has 0 atom stereocenters. The SMILES string of the molecule is COCc1ccccc1NC(N)=NCCCc1ccccc1. The zero-order chi connectivity index (χ0) is 15.6. The van der Waals surface area contributed by atoms with Gasteiger partial charge in [0.05, 0.1) is 6.61 Å². The van der Waals surface area contributed by atoms with E-state index in [-0.39, 0.29) is 0 Å². The number of hydrogen-bond donors (Lipinski definition) is 2. The van der Waals surface area contributed by atoms with Crippen molar-refractivity contribution in [1.82, 2.24) is 0 Å². The summed E-state index contributed by atoms with van der Waals surface area (Å²) in [6.07, 6.45) is 1.99. The van der Waals surface area contributed by atoms with E-state index in [9.17, 15) is 0 Å². The first-order valence-corrected chi connectivity index (χ1v) is 7.47. The van der Waals surface area contributed by atoms with Crippen LogP contribution >= 0.6 is 0 Å². The molecule has 2 aromatic carbocycles. The number of methoxy groups -OCH3 is 1. The molecule has 2 aromatic rings. The van der Waals surface area contributed by atoms with E-state index in [1.807, 2.05) is 30.3 Å². The molecular weight excluding hydrogens is 274 g/mol.